The predicted octanol–water partition coefficient (Wildman–Crippen LogP) is 2.08. The van der Waals surface area contributed by atoms with Crippen LogP contribution in [0.5, 0.6) is 0 Å². The lowest BCUT2D eigenvalue weighted by Crippen LogP contribution is -2.29. The van der Waals surface area contributed by atoms with E-state index in [0.29, 0.717) is 11.2 Å². The number of rotatable bonds is 5. The summed E-state index contributed by atoms with van der Waals surface area (Å²) in [7, 11) is 1.56. The zero-order valence-electron chi connectivity index (χ0n) is 12.1. The van der Waals surface area contributed by atoms with Gasteiger partial charge in [0.1, 0.15) is 5.69 Å². The fraction of sp³-hybridized carbons (Fsp3) is 0.462. The van der Waals surface area contributed by atoms with Crippen molar-refractivity contribution < 1.29 is 13.6 Å². The summed E-state index contributed by atoms with van der Waals surface area (Å²) in [6.07, 6.45) is 2.88. The number of hydrogen-bond donors (Lipinski definition) is 0. The molecular formula is C13H17F2N5O. The van der Waals surface area contributed by atoms with Crippen molar-refractivity contribution in [2.75, 3.05) is 7.05 Å². The third-order valence-corrected chi connectivity index (χ3v) is 3.33. The second kappa shape index (κ2) is 6.02. The molecular weight excluding hydrogens is 280 g/mol. The van der Waals surface area contributed by atoms with Crippen LogP contribution in [0.15, 0.2) is 18.5 Å². The van der Waals surface area contributed by atoms with Gasteiger partial charge < -0.3 is 4.90 Å². The lowest BCUT2D eigenvalue weighted by Gasteiger charge is -2.17. The highest BCUT2D eigenvalue weighted by Gasteiger charge is 2.21. The summed E-state index contributed by atoms with van der Waals surface area (Å²) in [5.74, 6) is -0.503. The van der Waals surface area contributed by atoms with Crippen LogP contribution in [0.25, 0.3) is 0 Å². The number of aryl methyl sites for hydroxylation is 1. The first-order valence-corrected chi connectivity index (χ1v) is 6.54. The van der Waals surface area contributed by atoms with Gasteiger partial charge in [0.2, 0.25) is 0 Å². The lowest BCUT2D eigenvalue weighted by molar-refractivity contribution is 0.0472. The molecule has 2 aromatic heterocycles. The van der Waals surface area contributed by atoms with Crippen molar-refractivity contribution in [3.05, 3.63) is 35.4 Å². The fourth-order valence-corrected chi connectivity index (χ4v) is 2.12. The quantitative estimate of drug-likeness (QED) is 0.849. The second-order valence-corrected chi connectivity index (χ2v) is 4.67. The van der Waals surface area contributed by atoms with Crippen LogP contribution in [-0.2, 0) is 13.1 Å². The van der Waals surface area contributed by atoms with E-state index in [-0.39, 0.29) is 5.69 Å². The molecule has 0 bridgehead atoms. The first kappa shape index (κ1) is 15.1. The summed E-state index contributed by atoms with van der Waals surface area (Å²) >= 11 is 0. The molecule has 0 aliphatic heterocycles. The summed E-state index contributed by atoms with van der Waals surface area (Å²) < 4.78 is 27.7. The standard InChI is InChI=1S/C13H17F2N5O/c1-4-19-9(2)10(7-17-19)8-18(3)12(21)11-5-6-16-20(11)13(14)15/h5-7,13H,4,8H2,1-3H3. The number of amides is 1. The van der Waals surface area contributed by atoms with E-state index in [1.165, 1.54) is 17.2 Å². The van der Waals surface area contributed by atoms with Gasteiger partial charge >= 0.3 is 6.55 Å². The van der Waals surface area contributed by atoms with Gasteiger partial charge in [-0.05, 0) is 19.9 Å². The molecule has 21 heavy (non-hydrogen) atoms. The molecule has 0 saturated carbocycles. The SMILES string of the molecule is CCn1ncc(CN(C)C(=O)c2ccnn2C(F)F)c1C. The Bertz CT molecular complexity index is 634. The Labute approximate surface area is 121 Å². The van der Waals surface area contributed by atoms with Gasteiger partial charge in [-0.2, -0.15) is 23.7 Å². The molecule has 2 heterocycles. The molecule has 2 aromatic rings. The molecule has 0 N–H and O–H groups in total. The number of aromatic nitrogens is 4. The highest BCUT2D eigenvalue weighted by Crippen LogP contribution is 2.16. The summed E-state index contributed by atoms with van der Waals surface area (Å²) in [4.78, 5) is 13.6. The molecule has 114 valence electrons. The molecule has 0 aliphatic rings. The number of carbonyl (C=O) groups is 1. The Morgan fingerprint density at radius 2 is 2.14 bits per heavy atom. The van der Waals surface area contributed by atoms with Gasteiger partial charge in [0.05, 0.1) is 6.20 Å². The normalized spacial score (nSPS) is 11.1. The topological polar surface area (TPSA) is 56.0 Å². The maximum Gasteiger partial charge on any atom is 0.333 e. The summed E-state index contributed by atoms with van der Waals surface area (Å²) in [6.45, 7) is 2.09. The fourth-order valence-electron chi connectivity index (χ4n) is 2.12. The molecule has 0 unspecified atom stereocenters. The molecule has 6 nitrogen and oxygen atoms in total. The van der Waals surface area contributed by atoms with Crippen LogP contribution in [0, 0.1) is 6.92 Å². The molecule has 1 amide bonds. The van der Waals surface area contributed by atoms with Crippen molar-refractivity contribution in [3.63, 3.8) is 0 Å². The Morgan fingerprint density at radius 1 is 1.43 bits per heavy atom. The summed E-state index contributed by atoms with van der Waals surface area (Å²) in [6, 6.07) is 1.29. The molecule has 2 rings (SSSR count). The van der Waals surface area contributed by atoms with E-state index in [4.69, 9.17) is 0 Å². The maximum atomic E-state index is 12.7. The Morgan fingerprint density at radius 3 is 2.71 bits per heavy atom. The number of halogens is 2. The average molecular weight is 297 g/mol. The Hall–Kier alpha value is -2.25. The predicted molar refractivity (Wildman–Crippen MR) is 71.9 cm³/mol. The first-order valence-electron chi connectivity index (χ1n) is 6.54. The van der Waals surface area contributed by atoms with E-state index < -0.39 is 12.5 Å². The maximum absolute atomic E-state index is 12.7. The minimum atomic E-state index is -2.84. The van der Waals surface area contributed by atoms with E-state index >= 15 is 0 Å². The highest BCUT2D eigenvalue weighted by atomic mass is 19.3. The van der Waals surface area contributed by atoms with Crippen LogP contribution in [-0.4, -0.2) is 37.4 Å². The molecule has 0 fully saturated rings. The van der Waals surface area contributed by atoms with Crippen molar-refractivity contribution in [3.8, 4) is 0 Å². The van der Waals surface area contributed by atoms with Crippen molar-refractivity contribution in [2.45, 2.75) is 33.5 Å². The van der Waals surface area contributed by atoms with E-state index in [1.54, 1.807) is 13.2 Å². The second-order valence-electron chi connectivity index (χ2n) is 4.67. The van der Waals surface area contributed by atoms with Crippen molar-refractivity contribution in [1.82, 2.24) is 24.5 Å². The van der Waals surface area contributed by atoms with Crippen molar-refractivity contribution in [1.29, 1.82) is 0 Å². The third-order valence-electron chi connectivity index (χ3n) is 3.33. The van der Waals surface area contributed by atoms with E-state index in [2.05, 4.69) is 10.2 Å². The van der Waals surface area contributed by atoms with Crippen LogP contribution < -0.4 is 0 Å². The third kappa shape index (κ3) is 2.93. The van der Waals surface area contributed by atoms with Gasteiger partial charge in [-0.3, -0.25) is 9.48 Å². The largest absolute Gasteiger partial charge is 0.336 e. The van der Waals surface area contributed by atoms with E-state index in [9.17, 15) is 13.6 Å². The minimum Gasteiger partial charge on any atom is -0.336 e. The van der Waals surface area contributed by atoms with Crippen LogP contribution in [0.1, 0.15) is 35.2 Å². The zero-order chi connectivity index (χ0) is 15.6. The minimum absolute atomic E-state index is 0.131. The lowest BCUT2D eigenvalue weighted by atomic mass is 10.2. The average Bonchev–Trinajstić information content (AvgIpc) is 3.06. The van der Waals surface area contributed by atoms with Gasteiger partial charge in [-0.25, -0.2) is 0 Å². The van der Waals surface area contributed by atoms with Crippen LogP contribution in [0.3, 0.4) is 0 Å². The van der Waals surface area contributed by atoms with E-state index in [0.717, 1.165) is 17.8 Å². The molecule has 0 saturated heterocycles. The van der Waals surface area contributed by atoms with Crippen molar-refractivity contribution in [2.24, 2.45) is 0 Å². The smallest absolute Gasteiger partial charge is 0.333 e. The van der Waals surface area contributed by atoms with Gasteiger partial charge in [0.25, 0.3) is 5.91 Å². The van der Waals surface area contributed by atoms with Crippen LogP contribution in [0.4, 0.5) is 8.78 Å². The Balaban J connectivity index is 2.16. The molecule has 0 spiro atoms. The van der Waals surface area contributed by atoms with E-state index in [1.807, 2.05) is 18.5 Å². The molecule has 0 atom stereocenters. The van der Waals surface area contributed by atoms with Gasteiger partial charge in [0.15, 0.2) is 0 Å². The molecule has 0 aliphatic carbocycles. The van der Waals surface area contributed by atoms with Crippen LogP contribution in [0.2, 0.25) is 0 Å². The Kier molecular flexibility index (Phi) is 4.35. The van der Waals surface area contributed by atoms with Crippen LogP contribution >= 0.6 is 0 Å². The monoisotopic (exact) mass is 297 g/mol. The van der Waals surface area contributed by atoms with Gasteiger partial charge in [-0.15, -0.1) is 0 Å². The first-order chi connectivity index (χ1) is 9.95. The summed E-state index contributed by atoms with van der Waals surface area (Å²) in [5.41, 5.74) is 1.71. The number of hydrogen-bond acceptors (Lipinski definition) is 3. The zero-order valence-corrected chi connectivity index (χ0v) is 12.1. The number of nitrogens with zero attached hydrogens (tertiary/aromatic N) is 5. The number of carbonyl (C=O) groups excluding carboxylic acids is 1. The molecule has 0 aromatic carbocycles. The van der Waals surface area contributed by atoms with Gasteiger partial charge in [-0.1, -0.05) is 0 Å². The van der Waals surface area contributed by atoms with Crippen molar-refractivity contribution >= 4 is 5.91 Å². The number of alkyl halides is 2. The molecule has 8 heteroatoms. The summed E-state index contributed by atoms with van der Waals surface area (Å²) in [5, 5.41) is 7.66. The molecule has 0 radical (unpaired) electrons. The van der Waals surface area contributed by atoms with Gasteiger partial charge in [0, 0.05) is 37.6 Å². The highest BCUT2D eigenvalue weighted by molar-refractivity contribution is 5.92.